The summed E-state index contributed by atoms with van der Waals surface area (Å²) < 4.78 is 37.7. The van der Waals surface area contributed by atoms with E-state index in [0.29, 0.717) is 32.5 Å². The highest BCUT2D eigenvalue weighted by molar-refractivity contribution is 4.91. The fraction of sp³-hybridized carbons (Fsp3) is 1.00. The lowest BCUT2D eigenvalue weighted by molar-refractivity contribution is -0.232. The molecule has 1 aliphatic carbocycles. The van der Waals surface area contributed by atoms with Gasteiger partial charge in [0.25, 0.3) is 5.92 Å². The molecule has 0 aromatic carbocycles. The molecular weight excluding hydrogens is 190 g/mol. The monoisotopic (exact) mass is 206 g/mol. The topological polar surface area (TPSA) is 18.5 Å². The molecule has 1 saturated carbocycles. The third-order valence-corrected chi connectivity index (χ3v) is 3.30. The fourth-order valence-electron chi connectivity index (χ4n) is 2.39. The van der Waals surface area contributed by atoms with E-state index < -0.39 is 17.6 Å². The van der Waals surface area contributed by atoms with Gasteiger partial charge in [0.05, 0.1) is 13.2 Å². The van der Waals surface area contributed by atoms with Crippen molar-refractivity contribution in [1.29, 1.82) is 0 Å². The molecule has 0 aromatic heterocycles. The number of rotatable bonds is 1. The van der Waals surface area contributed by atoms with Crippen LogP contribution in [-0.2, 0) is 9.47 Å². The van der Waals surface area contributed by atoms with Gasteiger partial charge in [-0.3, -0.25) is 0 Å². The Morgan fingerprint density at radius 3 is 2.43 bits per heavy atom. The third kappa shape index (κ3) is 1.65. The van der Waals surface area contributed by atoms with Crippen molar-refractivity contribution in [2.24, 2.45) is 5.92 Å². The first-order valence-corrected chi connectivity index (χ1v) is 5.24. The lowest BCUT2D eigenvalue weighted by atomic mass is 9.80. The number of halogens is 2. The molecule has 0 bridgehead atoms. The predicted octanol–water partition coefficient (Wildman–Crippen LogP) is 2.57. The Morgan fingerprint density at radius 1 is 1.21 bits per heavy atom. The van der Waals surface area contributed by atoms with Crippen LogP contribution >= 0.6 is 0 Å². The molecule has 82 valence electrons. The number of hydrogen-bond donors (Lipinski definition) is 0. The smallest absolute Gasteiger partial charge is 0.251 e. The molecule has 4 heteroatoms. The van der Waals surface area contributed by atoms with Crippen LogP contribution < -0.4 is 0 Å². The van der Waals surface area contributed by atoms with Gasteiger partial charge in [0.2, 0.25) is 0 Å². The van der Waals surface area contributed by atoms with Crippen LogP contribution in [-0.4, -0.2) is 24.9 Å². The van der Waals surface area contributed by atoms with E-state index in [1.165, 1.54) is 0 Å². The second-order valence-electron chi connectivity index (χ2n) is 4.18. The van der Waals surface area contributed by atoms with E-state index in [2.05, 4.69) is 0 Å². The molecule has 0 amide bonds. The molecule has 0 radical (unpaired) electrons. The molecule has 1 atom stereocenters. The lowest BCUT2D eigenvalue weighted by Gasteiger charge is -2.40. The standard InChI is InChI=1S/C10H16F2O2/c1-2-8-7-9(13-5-6-14-9)3-4-10(8,11)12/h8H,2-7H2,1H3. The Morgan fingerprint density at radius 2 is 1.86 bits per heavy atom. The van der Waals surface area contributed by atoms with Crippen LogP contribution in [0.5, 0.6) is 0 Å². The molecule has 0 N–H and O–H groups in total. The normalized spacial score (nSPS) is 34.9. The zero-order chi connectivity index (χ0) is 10.2. The van der Waals surface area contributed by atoms with Gasteiger partial charge in [-0.05, 0) is 6.42 Å². The van der Waals surface area contributed by atoms with Crippen LogP contribution in [0.25, 0.3) is 0 Å². The van der Waals surface area contributed by atoms with Gasteiger partial charge in [0.1, 0.15) is 0 Å². The molecule has 1 heterocycles. The molecule has 14 heavy (non-hydrogen) atoms. The summed E-state index contributed by atoms with van der Waals surface area (Å²) >= 11 is 0. The second-order valence-corrected chi connectivity index (χ2v) is 4.18. The molecule has 1 spiro atoms. The van der Waals surface area contributed by atoms with Crippen molar-refractivity contribution < 1.29 is 18.3 Å². The van der Waals surface area contributed by atoms with Crippen molar-refractivity contribution >= 4 is 0 Å². The van der Waals surface area contributed by atoms with Gasteiger partial charge < -0.3 is 9.47 Å². The highest BCUT2D eigenvalue weighted by atomic mass is 19.3. The molecular formula is C10H16F2O2. The summed E-state index contributed by atoms with van der Waals surface area (Å²) in [6.45, 7) is 2.89. The average Bonchev–Trinajstić information content (AvgIpc) is 2.59. The summed E-state index contributed by atoms with van der Waals surface area (Å²) in [5.74, 6) is -3.80. The van der Waals surface area contributed by atoms with E-state index in [4.69, 9.17) is 9.47 Å². The van der Waals surface area contributed by atoms with Crippen LogP contribution in [0.3, 0.4) is 0 Å². The zero-order valence-electron chi connectivity index (χ0n) is 8.39. The maximum Gasteiger partial charge on any atom is 0.251 e. The summed E-state index contributed by atoms with van der Waals surface area (Å²) in [5.41, 5.74) is 0. The summed E-state index contributed by atoms with van der Waals surface area (Å²) in [5, 5.41) is 0. The average molecular weight is 206 g/mol. The molecule has 1 saturated heterocycles. The van der Waals surface area contributed by atoms with Crippen LogP contribution in [0, 0.1) is 5.92 Å². The fourth-order valence-corrected chi connectivity index (χ4v) is 2.39. The van der Waals surface area contributed by atoms with Gasteiger partial charge in [0, 0.05) is 25.2 Å². The predicted molar refractivity (Wildman–Crippen MR) is 47.2 cm³/mol. The minimum absolute atomic E-state index is 0.106. The van der Waals surface area contributed by atoms with Gasteiger partial charge in [-0.2, -0.15) is 0 Å². The summed E-state index contributed by atoms with van der Waals surface area (Å²) in [4.78, 5) is 0. The molecule has 2 nitrogen and oxygen atoms in total. The van der Waals surface area contributed by atoms with Crippen molar-refractivity contribution in [3.8, 4) is 0 Å². The minimum Gasteiger partial charge on any atom is -0.348 e. The van der Waals surface area contributed by atoms with Crippen molar-refractivity contribution in [2.45, 2.75) is 44.3 Å². The SMILES string of the molecule is CCC1CC2(CCC1(F)F)OCCO2. The maximum atomic E-state index is 13.4. The van der Waals surface area contributed by atoms with E-state index in [1.807, 2.05) is 0 Å². The van der Waals surface area contributed by atoms with Gasteiger partial charge >= 0.3 is 0 Å². The van der Waals surface area contributed by atoms with Crippen molar-refractivity contribution in [3.63, 3.8) is 0 Å². The van der Waals surface area contributed by atoms with Gasteiger partial charge in [-0.15, -0.1) is 0 Å². The van der Waals surface area contributed by atoms with Crippen molar-refractivity contribution in [1.82, 2.24) is 0 Å². The van der Waals surface area contributed by atoms with E-state index in [-0.39, 0.29) is 6.42 Å². The Hall–Kier alpha value is -0.220. The van der Waals surface area contributed by atoms with Crippen LogP contribution in [0.2, 0.25) is 0 Å². The molecule has 0 aromatic rings. The number of alkyl halides is 2. The Balaban J connectivity index is 2.08. The van der Waals surface area contributed by atoms with Crippen LogP contribution in [0.15, 0.2) is 0 Å². The van der Waals surface area contributed by atoms with E-state index in [0.717, 1.165) is 0 Å². The van der Waals surface area contributed by atoms with Gasteiger partial charge in [-0.1, -0.05) is 6.92 Å². The maximum absolute atomic E-state index is 13.4. The highest BCUT2D eigenvalue weighted by Gasteiger charge is 2.52. The summed E-state index contributed by atoms with van der Waals surface area (Å²) in [7, 11) is 0. The van der Waals surface area contributed by atoms with E-state index in [1.54, 1.807) is 6.92 Å². The highest BCUT2D eigenvalue weighted by Crippen LogP contribution is 2.47. The van der Waals surface area contributed by atoms with Gasteiger partial charge in [0.15, 0.2) is 5.79 Å². The number of hydrogen-bond acceptors (Lipinski definition) is 2. The van der Waals surface area contributed by atoms with Crippen LogP contribution in [0.4, 0.5) is 8.78 Å². The third-order valence-electron chi connectivity index (χ3n) is 3.30. The molecule has 2 aliphatic rings. The molecule has 1 aliphatic heterocycles. The zero-order valence-corrected chi connectivity index (χ0v) is 8.39. The Labute approximate surface area is 82.6 Å². The van der Waals surface area contributed by atoms with Crippen LogP contribution in [0.1, 0.15) is 32.6 Å². The lowest BCUT2D eigenvalue weighted by Crippen LogP contribution is -2.45. The first kappa shape index (κ1) is 10.3. The van der Waals surface area contributed by atoms with E-state index >= 15 is 0 Å². The van der Waals surface area contributed by atoms with Gasteiger partial charge in [-0.25, -0.2) is 8.78 Å². The first-order valence-electron chi connectivity index (χ1n) is 5.24. The summed E-state index contributed by atoms with van der Waals surface area (Å²) in [6, 6.07) is 0. The Kier molecular flexibility index (Phi) is 2.52. The second kappa shape index (κ2) is 3.42. The summed E-state index contributed by atoms with van der Waals surface area (Å²) in [6.07, 6.45) is 1.06. The van der Waals surface area contributed by atoms with Crippen molar-refractivity contribution in [3.05, 3.63) is 0 Å². The minimum atomic E-state index is -2.53. The molecule has 2 rings (SSSR count). The quantitative estimate of drug-likeness (QED) is 0.656. The first-order chi connectivity index (χ1) is 6.58. The van der Waals surface area contributed by atoms with E-state index in [9.17, 15) is 8.78 Å². The Bertz CT molecular complexity index is 212. The molecule has 2 fully saturated rings. The number of ether oxygens (including phenoxy) is 2. The van der Waals surface area contributed by atoms with Crippen molar-refractivity contribution in [2.75, 3.05) is 13.2 Å². The molecule has 1 unspecified atom stereocenters. The largest absolute Gasteiger partial charge is 0.348 e.